The van der Waals surface area contributed by atoms with Crippen LogP contribution >= 0.6 is 0 Å². The van der Waals surface area contributed by atoms with Crippen molar-refractivity contribution in [2.75, 3.05) is 0 Å². The molecule has 76 valence electrons. The normalized spacial score (nSPS) is 10.5. The summed E-state index contributed by atoms with van der Waals surface area (Å²) >= 11 is 0. The van der Waals surface area contributed by atoms with Crippen molar-refractivity contribution in [2.24, 2.45) is 5.92 Å². The number of aromatic nitrogens is 1. The maximum absolute atomic E-state index is 10.5. The van der Waals surface area contributed by atoms with E-state index in [9.17, 15) is 4.79 Å². The Kier molecular flexibility index (Phi) is 3.63. The minimum Gasteiger partial charge on any atom is -0.478 e. The van der Waals surface area contributed by atoms with E-state index in [0.29, 0.717) is 5.92 Å². The first kappa shape index (κ1) is 10.7. The molecule has 0 saturated heterocycles. The lowest BCUT2D eigenvalue weighted by Crippen LogP contribution is -1.99. The van der Waals surface area contributed by atoms with Gasteiger partial charge in [0.15, 0.2) is 0 Å². The van der Waals surface area contributed by atoms with Crippen LogP contribution in [-0.4, -0.2) is 16.1 Å². The molecule has 3 nitrogen and oxygen atoms in total. The van der Waals surface area contributed by atoms with Gasteiger partial charge in [0.2, 0.25) is 0 Å². The number of carboxylic acid groups (broad SMARTS) is 1. The summed E-state index contributed by atoms with van der Waals surface area (Å²) in [4.78, 5) is 14.6. The molecule has 1 rings (SSSR count). The highest BCUT2D eigenvalue weighted by Gasteiger charge is 2.03. The summed E-state index contributed by atoms with van der Waals surface area (Å²) in [5.74, 6) is -0.274. The number of carbonyl (C=O) groups is 1. The topological polar surface area (TPSA) is 50.2 Å². The van der Waals surface area contributed by atoms with Crippen LogP contribution in [-0.2, 0) is 6.42 Å². The molecule has 1 N–H and O–H groups in total. The van der Waals surface area contributed by atoms with E-state index in [-0.39, 0.29) is 5.56 Å². The molecule has 1 aromatic rings. The number of hydrogen-bond acceptors (Lipinski definition) is 2. The third-order valence-corrected chi connectivity index (χ3v) is 2.05. The maximum Gasteiger partial charge on any atom is 0.337 e. The lowest BCUT2D eigenvalue weighted by atomic mass is 10.1. The zero-order valence-corrected chi connectivity index (χ0v) is 8.53. The average molecular weight is 193 g/mol. The third-order valence-electron chi connectivity index (χ3n) is 2.05. The Morgan fingerprint density at radius 1 is 1.50 bits per heavy atom. The largest absolute Gasteiger partial charge is 0.478 e. The second-order valence-corrected chi connectivity index (χ2v) is 3.78. The molecule has 0 aliphatic carbocycles. The van der Waals surface area contributed by atoms with Crippen molar-refractivity contribution >= 4 is 5.97 Å². The van der Waals surface area contributed by atoms with Crippen molar-refractivity contribution in [2.45, 2.75) is 26.7 Å². The van der Waals surface area contributed by atoms with Crippen molar-refractivity contribution in [3.05, 3.63) is 29.6 Å². The molecular formula is C11H15NO2. The van der Waals surface area contributed by atoms with Gasteiger partial charge in [0.05, 0.1) is 5.56 Å². The monoisotopic (exact) mass is 193 g/mol. The predicted octanol–water partition coefficient (Wildman–Crippen LogP) is 2.37. The van der Waals surface area contributed by atoms with E-state index in [2.05, 4.69) is 18.8 Å². The van der Waals surface area contributed by atoms with Crippen LogP contribution in [0.4, 0.5) is 0 Å². The number of aryl methyl sites for hydroxylation is 1. The maximum atomic E-state index is 10.5. The second kappa shape index (κ2) is 4.74. The predicted molar refractivity (Wildman–Crippen MR) is 54.4 cm³/mol. The van der Waals surface area contributed by atoms with Gasteiger partial charge in [-0.15, -0.1) is 0 Å². The Labute approximate surface area is 83.8 Å². The molecular weight excluding hydrogens is 178 g/mol. The van der Waals surface area contributed by atoms with Crippen molar-refractivity contribution < 1.29 is 9.90 Å². The van der Waals surface area contributed by atoms with Crippen LogP contribution in [0, 0.1) is 5.92 Å². The summed E-state index contributed by atoms with van der Waals surface area (Å²) in [6.45, 7) is 4.32. The zero-order chi connectivity index (χ0) is 10.6. The van der Waals surface area contributed by atoms with Gasteiger partial charge in [-0.1, -0.05) is 13.8 Å². The third kappa shape index (κ3) is 3.17. The van der Waals surface area contributed by atoms with Gasteiger partial charge in [-0.25, -0.2) is 4.79 Å². The first-order valence-electron chi connectivity index (χ1n) is 4.78. The first-order chi connectivity index (χ1) is 6.59. The standard InChI is InChI=1S/C11H15NO2/c1-8(2)3-5-10-6-4-9(7-12-10)11(13)14/h4,6-8H,3,5H2,1-2H3,(H,13,14). The zero-order valence-electron chi connectivity index (χ0n) is 8.53. The Morgan fingerprint density at radius 3 is 2.64 bits per heavy atom. The molecule has 0 bridgehead atoms. The van der Waals surface area contributed by atoms with Crippen LogP contribution in [0.25, 0.3) is 0 Å². The number of nitrogens with zero attached hydrogens (tertiary/aromatic N) is 1. The highest BCUT2D eigenvalue weighted by molar-refractivity contribution is 5.87. The molecule has 0 saturated carbocycles. The molecule has 1 aromatic heterocycles. The highest BCUT2D eigenvalue weighted by Crippen LogP contribution is 2.07. The van der Waals surface area contributed by atoms with Gasteiger partial charge in [-0.05, 0) is 30.9 Å². The van der Waals surface area contributed by atoms with E-state index in [1.165, 1.54) is 6.20 Å². The summed E-state index contributed by atoms with van der Waals surface area (Å²) in [6, 6.07) is 3.39. The minimum absolute atomic E-state index is 0.248. The molecule has 0 radical (unpaired) electrons. The lowest BCUT2D eigenvalue weighted by molar-refractivity contribution is 0.0696. The Hall–Kier alpha value is -1.38. The Morgan fingerprint density at radius 2 is 2.21 bits per heavy atom. The number of aromatic carboxylic acids is 1. The number of pyridine rings is 1. The van der Waals surface area contributed by atoms with E-state index in [1.54, 1.807) is 12.1 Å². The molecule has 0 fully saturated rings. The van der Waals surface area contributed by atoms with Crippen LogP contribution in [0.1, 0.15) is 36.3 Å². The molecule has 0 aliphatic rings. The Bertz CT molecular complexity index is 304. The van der Waals surface area contributed by atoms with Crippen LogP contribution < -0.4 is 0 Å². The summed E-state index contributed by atoms with van der Waals surface area (Å²) in [5, 5.41) is 8.65. The lowest BCUT2D eigenvalue weighted by Gasteiger charge is -2.03. The minimum atomic E-state index is -0.923. The van der Waals surface area contributed by atoms with Crippen LogP contribution in [0.15, 0.2) is 18.3 Å². The molecule has 3 heteroatoms. The van der Waals surface area contributed by atoms with Gasteiger partial charge in [-0.3, -0.25) is 4.98 Å². The van der Waals surface area contributed by atoms with Crippen molar-refractivity contribution in [1.82, 2.24) is 4.98 Å². The SMILES string of the molecule is CC(C)CCc1ccc(C(=O)O)cn1. The second-order valence-electron chi connectivity index (χ2n) is 3.78. The average Bonchev–Trinajstić information content (AvgIpc) is 2.15. The van der Waals surface area contributed by atoms with Gasteiger partial charge >= 0.3 is 5.97 Å². The molecule has 0 aliphatic heterocycles. The number of hydrogen-bond donors (Lipinski definition) is 1. The smallest absolute Gasteiger partial charge is 0.337 e. The van der Waals surface area contributed by atoms with Gasteiger partial charge < -0.3 is 5.11 Å². The summed E-state index contributed by atoms with van der Waals surface area (Å²) in [6.07, 6.45) is 3.41. The van der Waals surface area contributed by atoms with E-state index in [0.717, 1.165) is 18.5 Å². The van der Waals surface area contributed by atoms with E-state index < -0.39 is 5.97 Å². The molecule has 1 heterocycles. The number of carboxylic acids is 1. The number of rotatable bonds is 4. The summed E-state index contributed by atoms with van der Waals surface area (Å²) < 4.78 is 0. The fourth-order valence-electron chi connectivity index (χ4n) is 1.14. The molecule has 0 atom stereocenters. The molecule has 0 aromatic carbocycles. The van der Waals surface area contributed by atoms with Gasteiger partial charge in [0, 0.05) is 11.9 Å². The van der Waals surface area contributed by atoms with Gasteiger partial charge in [0.25, 0.3) is 0 Å². The highest BCUT2D eigenvalue weighted by atomic mass is 16.4. The fourth-order valence-corrected chi connectivity index (χ4v) is 1.14. The molecule has 0 amide bonds. The van der Waals surface area contributed by atoms with Crippen molar-refractivity contribution in [3.8, 4) is 0 Å². The first-order valence-corrected chi connectivity index (χ1v) is 4.78. The van der Waals surface area contributed by atoms with Crippen LogP contribution in [0.5, 0.6) is 0 Å². The van der Waals surface area contributed by atoms with Gasteiger partial charge in [-0.2, -0.15) is 0 Å². The quantitative estimate of drug-likeness (QED) is 0.798. The fraction of sp³-hybridized carbons (Fsp3) is 0.455. The molecule has 14 heavy (non-hydrogen) atoms. The van der Waals surface area contributed by atoms with Crippen LogP contribution in [0.2, 0.25) is 0 Å². The molecule has 0 unspecified atom stereocenters. The van der Waals surface area contributed by atoms with E-state index >= 15 is 0 Å². The van der Waals surface area contributed by atoms with Crippen molar-refractivity contribution in [3.63, 3.8) is 0 Å². The Balaban J connectivity index is 2.60. The van der Waals surface area contributed by atoms with E-state index in [1.807, 2.05) is 0 Å². The summed E-state index contributed by atoms with van der Waals surface area (Å²) in [5.41, 5.74) is 1.21. The van der Waals surface area contributed by atoms with E-state index in [4.69, 9.17) is 5.11 Å². The van der Waals surface area contributed by atoms with Gasteiger partial charge in [0.1, 0.15) is 0 Å². The van der Waals surface area contributed by atoms with Crippen molar-refractivity contribution in [1.29, 1.82) is 0 Å². The summed E-state index contributed by atoms with van der Waals surface area (Å²) in [7, 11) is 0. The molecule has 0 spiro atoms. The van der Waals surface area contributed by atoms with Crippen LogP contribution in [0.3, 0.4) is 0 Å².